The third-order valence-corrected chi connectivity index (χ3v) is 7.23. The second-order valence-corrected chi connectivity index (χ2v) is 11.4. The van der Waals surface area contributed by atoms with Gasteiger partial charge in [-0.2, -0.15) is 0 Å². The van der Waals surface area contributed by atoms with Crippen LogP contribution in [-0.2, 0) is 62.4 Å². The normalized spacial score (nSPS) is 11.4. The fraction of sp³-hybridized carbons (Fsp3) is 0.571. The maximum atomic E-state index is 13.5. The SMILES string of the molecule is O=C(CCOCCOCCOCCOCCn1cc(COCCOCCOCCOCCNCc2ccccc2Cl)nn1)Oc1c(F)cc(F)cc1F. The van der Waals surface area contributed by atoms with Gasteiger partial charge in [-0.3, -0.25) is 4.79 Å². The summed E-state index contributed by atoms with van der Waals surface area (Å²) in [6.07, 6.45) is 1.55. The number of benzene rings is 2. The number of ether oxygens (including phenoxy) is 9. The van der Waals surface area contributed by atoms with Gasteiger partial charge in [-0.25, -0.2) is 17.9 Å². The summed E-state index contributed by atoms with van der Waals surface area (Å²) in [6.45, 7) is 8.04. The van der Waals surface area contributed by atoms with Crippen molar-refractivity contribution in [3.05, 3.63) is 76.3 Å². The maximum Gasteiger partial charge on any atom is 0.313 e. The molecule has 0 atom stereocenters. The molecule has 1 N–H and O–H groups in total. The molecule has 3 aromatic rings. The van der Waals surface area contributed by atoms with Crippen LogP contribution in [0.4, 0.5) is 13.2 Å². The van der Waals surface area contributed by atoms with Crippen molar-refractivity contribution in [3.8, 4) is 5.75 Å². The molecule has 0 aliphatic rings. The maximum absolute atomic E-state index is 13.5. The Balaban J connectivity index is 1.01. The summed E-state index contributed by atoms with van der Waals surface area (Å²) in [5, 5.41) is 12.2. The van der Waals surface area contributed by atoms with E-state index in [1.807, 2.05) is 24.3 Å². The number of nitrogens with zero attached hydrogens (tertiary/aromatic N) is 3. The number of hydrogen-bond donors (Lipinski definition) is 1. The van der Waals surface area contributed by atoms with Gasteiger partial charge >= 0.3 is 5.97 Å². The van der Waals surface area contributed by atoms with E-state index in [0.717, 1.165) is 17.1 Å². The van der Waals surface area contributed by atoms with Gasteiger partial charge in [0.1, 0.15) is 11.5 Å². The van der Waals surface area contributed by atoms with Crippen LogP contribution in [0.25, 0.3) is 0 Å². The van der Waals surface area contributed by atoms with E-state index in [4.69, 9.17) is 49.5 Å². The fourth-order valence-electron chi connectivity index (χ4n) is 4.23. The molecule has 0 saturated heterocycles. The first-order valence-electron chi connectivity index (χ1n) is 17.2. The highest BCUT2D eigenvalue weighted by Gasteiger charge is 2.16. The van der Waals surface area contributed by atoms with Gasteiger partial charge in [-0.1, -0.05) is 35.0 Å². The first-order chi connectivity index (χ1) is 25.9. The van der Waals surface area contributed by atoms with Crippen molar-refractivity contribution in [2.24, 2.45) is 0 Å². The molecule has 53 heavy (non-hydrogen) atoms. The molecule has 0 spiro atoms. The van der Waals surface area contributed by atoms with E-state index in [-0.39, 0.29) is 26.2 Å². The lowest BCUT2D eigenvalue weighted by molar-refractivity contribution is -0.136. The average molecular weight is 777 g/mol. The van der Waals surface area contributed by atoms with Crippen LogP contribution in [0.3, 0.4) is 0 Å². The zero-order valence-electron chi connectivity index (χ0n) is 29.6. The molecule has 3 rings (SSSR count). The van der Waals surface area contributed by atoms with Crippen molar-refractivity contribution in [2.45, 2.75) is 26.1 Å². The van der Waals surface area contributed by atoms with Gasteiger partial charge < -0.3 is 47.9 Å². The van der Waals surface area contributed by atoms with Crippen LogP contribution in [0.1, 0.15) is 17.7 Å². The van der Waals surface area contributed by atoms with E-state index < -0.39 is 29.2 Å². The molecule has 0 amide bonds. The van der Waals surface area contributed by atoms with Gasteiger partial charge in [0, 0.05) is 30.2 Å². The highest BCUT2D eigenvalue weighted by Crippen LogP contribution is 2.23. The minimum atomic E-state index is -1.30. The minimum absolute atomic E-state index is 0.0398. The van der Waals surface area contributed by atoms with Gasteiger partial charge in [-0.15, -0.1) is 5.10 Å². The summed E-state index contributed by atoms with van der Waals surface area (Å²) in [6, 6.07) is 8.60. The van der Waals surface area contributed by atoms with Gasteiger partial charge in [0.15, 0.2) is 11.6 Å². The molecule has 296 valence electrons. The summed E-state index contributed by atoms with van der Waals surface area (Å²) in [7, 11) is 0. The van der Waals surface area contributed by atoms with Crippen LogP contribution in [-0.4, -0.2) is 127 Å². The standard InChI is InChI=1S/C35H48ClF3N4O10/c36-31-4-2-1-3-28(31)25-40-6-9-46-12-15-49-19-20-51-21-22-52-27-30-26-43(42-41-30)7-10-47-13-16-50-18-17-48-14-11-45-8-5-34(44)53-35-32(38)23-29(37)24-33(35)39/h1-4,23-24,26,40H,5-22,25,27H2. The molecule has 0 aliphatic heterocycles. The predicted octanol–water partition coefficient (Wildman–Crippen LogP) is 3.77. The number of carbonyl (C=O) groups is 1. The number of rotatable bonds is 32. The van der Waals surface area contributed by atoms with Crippen LogP contribution in [0.15, 0.2) is 42.6 Å². The Morgan fingerprint density at radius 2 is 1.23 bits per heavy atom. The smallest absolute Gasteiger partial charge is 0.313 e. The molecule has 14 nitrogen and oxygen atoms in total. The third-order valence-electron chi connectivity index (χ3n) is 6.86. The van der Waals surface area contributed by atoms with E-state index in [1.165, 1.54) is 0 Å². The minimum Gasteiger partial charge on any atom is -0.420 e. The number of aromatic nitrogens is 3. The van der Waals surface area contributed by atoms with Crippen molar-refractivity contribution in [2.75, 3.05) is 106 Å². The summed E-state index contributed by atoms with van der Waals surface area (Å²) < 4.78 is 90.0. The lowest BCUT2D eigenvalue weighted by Crippen LogP contribution is -2.20. The molecule has 2 aromatic carbocycles. The Hall–Kier alpha value is -3.23. The number of halogens is 4. The van der Waals surface area contributed by atoms with Crippen LogP contribution in [0, 0.1) is 17.5 Å². The monoisotopic (exact) mass is 776 g/mol. The van der Waals surface area contributed by atoms with Crippen molar-refractivity contribution in [1.82, 2.24) is 20.3 Å². The Kier molecular flexibility index (Phi) is 23.5. The van der Waals surface area contributed by atoms with Crippen LogP contribution < -0.4 is 10.1 Å². The second kappa shape index (κ2) is 28.2. The van der Waals surface area contributed by atoms with Crippen LogP contribution >= 0.6 is 11.6 Å². The average Bonchev–Trinajstić information content (AvgIpc) is 3.59. The highest BCUT2D eigenvalue weighted by atomic mass is 35.5. The molecular weight excluding hydrogens is 729 g/mol. The van der Waals surface area contributed by atoms with Gasteiger partial charge in [0.2, 0.25) is 5.75 Å². The number of esters is 1. The van der Waals surface area contributed by atoms with Crippen LogP contribution in [0.5, 0.6) is 5.75 Å². The molecule has 0 bridgehead atoms. The summed E-state index contributed by atoms with van der Waals surface area (Å²) in [4.78, 5) is 11.7. The van der Waals surface area contributed by atoms with Crippen molar-refractivity contribution >= 4 is 17.6 Å². The highest BCUT2D eigenvalue weighted by molar-refractivity contribution is 6.31. The largest absolute Gasteiger partial charge is 0.420 e. The van der Waals surface area contributed by atoms with Crippen molar-refractivity contribution in [3.63, 3.8) is 0 Å². The molecule has 18 heteroatoms. The van der Waals surface area contributed by atoms with Gasteiger partial charge in [-0.05, 0) is 11.6 Å². The fourth-order valence-corrected chi connectivity index (χ4v) is 4.43. The molecule has 1 heterocycles. The van der Waals surface area contributed by atoms with E-state index in [1.54, 1.807) is 10.9 Å². The summed E-state index contributed by atoms with van der Waals surface area (Å²) >= 11 is 6.13. The second-order valence-electron chi connectivity index (χ2n) is 11.0. The Labute approximate surface area is 312 Å². The zero-order chi connectivity index (χ0) is 37.8. The lowest BCUT2D eigenvalue weighted by Gasteiger charge is -2.08. The first kappa shape index (κ1) is 44.2. The van der Waals surface area contributed by atoms with Gasteiger partial charge in [0.05, 0.1) is 125 Å². The molecule has 1 aromatic heterocycles. The quantitative estimate of drug-likeness (QED) is 0.0559. The molecule has 0 unspecified atom stereocenters. The Morgan fingerprint density at radius 3 is 1.83 bits per heavy atom. The third kappa shape index (κ3) is 20.7. The Morgan fingerprint density at radius 1 is 0.698 bits per heavy atom. The summed E-state index contributed by atoms with van der Waals surface area (Å²) in [5.41, 5.74) is 1.77. The molecule has 0 saturated carbocycles. The summed E-state index contributed by atoms with van der Waals surface area (Å²) in [5.74, 6) is -5.57. The topological polar surface area (TPSA) is 143 Å². The van der Waals surface area contributed by atoms with Crippen molar-refractivity contribution in [1.29, 1.82) is 0 Å². The molecule has 0 radical (unpaired) electrons. The first-order valence-corrected chi connectivity index (χ1v) is 17.6. The van der Waals surface area contributed by atoms with E-state index >= 15 is 0 Å². The Bertz CT molecular complexity index is 1400. The number of nitrogens with one attached hydrogen (secondary N) is 1. The van der Waals surface area contributed by atoms with Crippen molar-refractivity contribution < 1.29 is 60.6 Å². The van der Waals surface area contributed by atoms with E-state index in [2.05, 4.69) is 20.4 Å². The van der Waals surface area contributed by atoms with E-state index in [0.29, 0.717) is 117 Å². The zero-order valence-corrected chi connectivity index (χ0v) is 30.4. The van der Waals surface area contributed by atoms with Gasteiger partial charge in [0.25, 0.3) is 0 Å². The van der Waals surface area contributed by atoms with Crippen LogP contribution in [0.2, 0.25) is 5.02 Å². The van der Waals surface area contributed by atoms with E-state index in [9.17, 15) is 18.0 Å². The lowest BCUT2D eigenvalue weighted by atomic mass is 10.2. The number of hydrogen-bond acceptors (Lipinski definition) is 13. The molecular formula is C35H48ClF3N4O10. The molecule has 0 aliphatic carbocycles. The number of carbonyl (C=O) groups excluding carboxylic acids is 1. The predicted molar refractivity (Wildman–Crippen MR) is 185 cm³/mol. The molecule has 0 fully saturated rings.